The second-order valence-electron chi connectivity index (χ2n) is 19.5. The number of benzene rings is 2. The lowest BCUT2D eigenvalue weighted by molar-refractivity contribution is -0.000276. The minimum absolute atomic E-state index is 0.00873. The van der Waals surface area contributed by atoms with Crippen molar-refractivity contribution in [2.45, 2.75) is 115 Å². The first kappa shape index (κ1) is 43.0. The standard InChI is InChI=1S/C44H59F3N6O5Si/c1-41(2,3)58-40(54)52-20-19-51(25-43(7,55)26-52)38-32-23-48-36(35(47)37(32)49-39(50-38)56-27-44-17-11-18-53(44)24-29(45)22-44)31-13-10-12-28-14-15-33(46)30(34(28)31)16-21-57-59(8,9)42(4,5)6/h10,12-15,23,29,55H,11,16-22,24-27H2,1-9H3/t29-,43?,44+/m1/s1. The normalized spacial score (nSPS) is 23.2. The summed E-state index contributed by atoms with van der Waals surface area (Å²) in [4.78, 5) is 32.7. The Kier molecular flexibility index (Phi) is 11.5. The monoisotopic (exact) mass is 836 g/mol. The third-order valence-corrected chi connectivity index (χ3v) is 17.0. The van der Waals surface area contributed by atoms with Gasteiger partial charge in [-0.25, -0.2) is 18.0 Å². The van der Waals surface area contributed by atoms with Crippen molar-refractivity contribution in [3.05, 3.63) is 53.7 Å². The molecule has 0 bridgehead atoms. The molecule has 1 amide bonds. The molecule has 59 heavy (non-hydrogen) atoms. The average Bonchev–Trinajstić information content (AvgIpc) is 3.60. The van der Waals surface area contributed by atoms with E-state index in [2.05, 4.69) is 48.7 Å². The third-order valence-electron chi connectivity index (χ3n) is 12.5. The van der Waals surface area contributed by atoms with Gasteiger partial charge in [0.05, 0.1) is 23.1 Å². The Morgan fingerprint density at radius 2 is 1.80 bits per heavy atom. The molecule has 1 N–H and O–H groups in total. The maximum absolute atomic E-state index is 17.4. The highest BCUT2D eigenvalue weighted by atomic mass is 28.4. The molecule has 320 valence electrons. The first-order valence-electron chi connectivity index (χ1n) is 20.7. The number of aromatic nitrogens is 3. The second kappa shape index (κ2) is 15.8. The summed E-state index contributed by atoms with van der Waals surface area (Å²) in [5.41, 5.74) is -1.96. The molecule has 1 unspecified atom stereocenters. The van der Waals surface area contributed by atoms with Gasteiger partial charge in [-0.1, -0.05) is 45.0 Å². The number of carbonyl (C=O) groups excluding carboxylic acids is 1. The minimum atomic E-state index is -2.13. The van der Waals surface area contributed by atoms with Crippen LogP contribution in [0.25, 0.3) is 32.9 Å². The van der Waals surface area contributed by atoms with Crippen LogP contribution in [0.15, 0.2) is 36.5 Å². The fourth-order valence-corrected chi connectivity index (χ4v) is 9.64. The third kappa shape index (κ3) is 8.89. The van der Waals surface area contributed by atoms with Crippen LogP contribution in [0.5, 0.6) is 6.01 Å². The number of carbonyl (C=O) groups is 1. The molecule has 3 saturated heterocycles. The number of nitrogens with zero attached hydrogens (tertiary/aromatic N) is 6. The quantitative estimate of drug-likeness (QED) is 0.165. The number of β-amino-alcohol motifs (C(OH)–C–C–N with tert-alkyl or cyclic N) is 1. The number of pyridine rings is 1. The van der Waals surface area contributed by atoms with Gasteiger partial charge in [-0.05, 0) is 94.0 Å². The van der Waals surface area contributed by atoms with Gasteiger partial charge in [0.25, 0.3) is 0 Å². The predicted molar refractivity (Wildman–Crippen MR) is 226 cm³/mol. The van der Waals surface area contributed by atoms with E-state index in [0.29, 0.717) is 36.1 Å². The molecule has 3 aliphatic heterocycles. The van der Waals surface area contributed by atoms with Crippen LogP contribution in [0, 0.1) is 11.6 Å². The van der Waals surface area contributed by atoms with Crippen molar-refractivity contribution in [3.63, 3.8) is 0 Å². The number of rotatable bonds is 9. The molecule has 11 nitrogen and oxygen atoms in total. The molecular weight excluding hydrogens is 778 g/mol. The van der Waals surface area contributed by atoms with E-state index in [4.69, 9.17) is 18.9 Å². The van der Waals surface area contributed by atoms with Gasteiger partial charge >= 0.3 is 12.1 Å². The number of alkyl halides is 1. The van der Waals surface area contributed by atoms with Gasteiger partial charge in [-0.3, -0.25) is 9.88 Å². The molecule has 2 aromatic heterocycles. The Bertz CT molecular complexity index is 2230. The summed E-state index contributed by atoms with van der Waals surface area (Å²) in [7, 11) is -2.13. The summed E-state index contributed by atoms with van der Waals surface area (Å²) in [6, 6.07) is 8.40. The summed E-state index contributed by atoms with van der Waals surface area (Å²) in [5.74, 6) is -0.905. The molecule has 0 radical (unpaired) electrons. The summed E-state index contributed by atoms with van der Waals surface area (Å²) >= 11 is 0. The Balaban J connectivity index is 1.31. The van der Waals surface area contributed by atoms with Gasteiger partial charge in [-0.2, -0.15) is 9.97 Å². The highest BCUT2D eigenvalue weighted by Crippen LogP contribution is 2.42. The highest BCUT2D eigenvalue weighted by molar-refractivity contribution is 6.74. The molecule has 3 fully saturated rings. The maximum atomic E-state index is 17.4. The molecule has 0 saturated carbocycles. The van der Waals surface area contributed by atoms with Crippen LogP contribution in [-0.2, 0) is 15.6 Å². The molecule has 15 heteroatoms. The van der Waals surface area contributed by atoms with Gasteiger partial charge < -0.3 is 28.8 Å². The van der Waals surface area contributed by atoms with Crippen molar-refractivity contribution in [1.82, 2.24) is 24.8 Å². The van der Waals surface area contributed by atoms with E-state index in [9.17, 15) is 14.3 Å². The Morgan fingerprint density at radius 1 is 1.03 bits per heavy atom. The molecule has 2 aromatic carbocycles. The fourth-order valence-electron chi connectivity index (χ4n) is 8.59. The van der Waals surface area contributed by atoms with E-state index in [1.807, 2.05) is 6.07 Å². The van der Waals surface area contributed by atoms with Crippen molar-refractivity contribution >= 4 is 41.9 Å². The van der Waals surface area contributed by atoms with E-state index in [0.717, 1.165) is 24.8 Å². The van der Waals surface area contributed by atoms with Crippen LogP contribution in [0.4, 0.5) is 23.8 Å². The zero-order valence-electron chi connectivity index (χ0n) is 35.9. The number of ether oxygens (including phenoxy) is 2. The van der Waals surface area contributed by atoms with Crippen molar-refractivity contribution in [1.29, 1.82) is 0 Å². The van der Waals surface area contributed by atoms with Gasteiger partial charge in [0.2, 0.25) is 0 Å². The summed E-state index contributed by atoms with van der Waals surface area (Å²) in [6.45, 7) is 19.7. The Labute approximate surface area is 346 Å². The van der Waals surface area contributed by atoms with Crippen molar-refractivity contribution < 1.29 is 37.0 Å². The number of hydrogen-bond acceptors (Lipinski definition) is 10. The topological polar surface area (TPSA) is 113 Å². The van der Waals surface area contributed by atoms with Crippen molar-refractivity contribution in [2.24, 2.45) is 0 Å². The number of hydrogen-bond donors (Lipinski definition) is 1. The van der Waals surface area contributed by atoms with Crippen LogP contribution in [0.1, 0.15) is 73.3 Å². The molecule has 7 rings (SSSR count). The van der Waals surface area contributed by atoms with Crippen LogP contribution in [-0.4, -0.2) is 120 Å². The first-order chi connectivity index (χ1) is 27.6. The van der Waals surface area contributed by atoms with Crippen molar-refractivity contribution in [3.8, 4) is 17.3 Å². The van der Waals surface area contributed by atoms with Gasteiger partial charge in [0, 0.05) is 51.0 Å². The predicted octanol–water partition coefficient (Wildman–Crippen LogP) is 8.45. The largest absolute Gasteiger partial charge is 0.461 e. The molecule has 5 heterocycles. The van der Waals surface area contributed by atoms with E-state index < -0.39 is 49.0 Å². The second-order valence-corrected chi connectivity index (χ2v) is 24.3. The molecule has 3 atom stereocenters. The number of aliphatic hydroxyl groups is 1. The SMILES string of the molecule is CC1(O)CN(C(=O)OC(C)(C)C)CCN(c2nc(OC[C@@]34CCCN3C[C@H](F)C4)nc3c(F)c(-c4cccc5ccc(F)c(CCO[Si](C)(C)C(C)(C)C)c45)ncc23)C1. The van der Waals surface area contributed by atoms with E-state index in [1.54, 1.807) is 50.8 Å². The summed E-state index contributed by atoms with van der Waals surface area (Å²) < 4.78 is 66.4. The zero-order valence-corrected chi connectivity index (χ0v) is 36.9. The molecule has 0 spiro atoms. The first-order valence-corrected chi connectivity index (χ1v) is 23.7. The number of anilines is 1. The minimum Gasteiger partial charge on any atom is -0.461 e. The van der Waals surface area contributed by atoms with Crippen LogP contribution in [0.3, 0.4) is 0 Å². The number of amides is 1. The van der Waals surface area contributed by atoms with Gasteiger partial charge in [0.1, 0.15) is 41.2 Å². The van der Waals surface area contributed by atoms with Crippen LogP contribution in [0.2, 0.25) is 18.1 Å². The molecular formula is C44H59F3N6O5Si. The highest BCUT2D eigenvalue weighted by Gasteiger charge is 2.49. The Morgan fingerprint density at radius 3 is 2.53 bits per heavy atom. The van der Waals surface area contributed by atoms with Gasteiger partial charge in [0.15, 0.2) is 14.1 Å². The average molecular weight is 837 g/mol. The molecule has 3 aliphatic rings. The van der Waals surface area contributed by atoms with Crippen LogP contribution < -0.4 is 9.64 Å². The van der Waals surface area contributed by atoms with E-state index in [1.165, 1.54) is 17.2 Å². The lowest BCUT2D eigenvalue weighted by Crippen LogP contribution is -2.47. The lowest BCUT2D eigenvalue weighted by Gasteiger charge is -2.36. The molecule has 0 aliphatic carbocycles. The van der Waals surface area contributed by atoms with E-state index in [-0.39, 0.29) is 72.7 Å². The zero-order chi connectivity index (χ0) is 42.7. The smallest absolute Gasteiger partial charge is 0.410 e. The van der Waals surface area contributed by atoms with E-state index >= 15 is 8.78 Å². The summed E-state index contributed by atoms with van der Waals surface area (Å²) in [5, 5.41) is 13.1. The maximum Gasteiger partial charge on any atom is 0.410 e. The number of fused-ring (bicyclic) bond motifs is 3. The van der Waals surface area contributed by atoms with Crippen molar-refractivity contribution in [2.75, 3.05) is 57.4 Å². The fraction of sp³-hybridized carbons (Fsp3) is 0.591. The molecule has 4 aromatic rings. The lowest BCUT2D eigenvalue weighted by atomic mass is 9.94. The Hall–Kier alpha value is -4.05. The number of halogens is 3. The van der Waals surface area contributed by atoms with Crippen LogP contribution >= 0.6 is 0 Å². The summed E-state index contributed by atoms with van der Waals surface area (Å²) in [6.07, 6.45) is 2.24. The van der Waals surface area contributed by atoms with Gasteiger partial charge in [-0.15, -0.1) is 0 Å².